The molecule has 0 amide bonds. The number of hydrogen-bond donors (Lipinski definition) is 1. The van der Waals surface area contributed by atoms with Crippen molar-refractivity contribution >= 4 is 0 Å². The lowest BCUT2D eigenvalue weighted by atomic mass is 9.88. The normalized spacial score (nSPS) is 24.1. The molecule has 0 radical (unpaired) electrons. The summed E-state index contributed by atoms with van der Waals surface area (Å²) in [5.74, 6) is 2.21. The molecule has 2 atom stereocenters. The highest BCUT2D eigenvalue weighted by molar-refractivity contribution is 5.25. The predicted octanol–water partition coefficient (Wildman–Crippen LogP) is 1.85. The van der Waals surface area contributed by atoms with Crippen LogP contribution in [-0.4, -0.2) is 23.2 Å². The minimum atomic E-state index is 0.315. The van der Waals surface area contributed by atoms with Crippen LogP contribution in [0.4, 0.5) is 0 Å². The zero-order chi connectivity index (χ0) is 11.7. The maximum absolute atomic E-state index is 5.07. The van der Waals surface area contributed by atoms with E-state index in [0.29, 0.717) is 17.7 Å². The Morgan fingerprint density at radius 3 is 2.65 bits per heavy atom. The van der Waals surface area contributed by atoms with Crippen molar-refractivity contribution in [3.05, 3.63) is 47.6 Å². The van der Waals surface area contributed by atoms with Gasteiger partial charge in [-0.05, 0) is 5.56 Å². The van der Waals surface area contributed by atoms with Crippen LogP contribution in [0, 0.1) is 6.92 Å². The standard InChI is InChI=1S/C13H15N3O/c1-9-15-13(16-17-9)12-8-14-7-11(12)10-5-3-2-4-6-10/h2-6,11-12,14H,7-8H2,1H3/t11-,12-/m0/s1. The maximum atomic E-state index is 5.07. The van der Waals surface area contributed by atoms with Gasteiger partial charge in [-0.15, -0.1) is 0 Å². The molecule has 4 heteroatoms. The first kappa shape index (κ1) is 10.5. The smallest absolute Gasteiger partial charge is 0.223 e. The molecule has 1 N–H and O–H groups in total. The van der Waals surface area contributed by atoms with E-state index in [1.165, 1.54) is 5.56 Å². The van der Waals surface area contributed by atoms with E-state index in [9.17, 15) is 0 Å². The van der Waals surface area contributed by atoms with Gasteiger partial charge in [-0.2, -0.15) is 4.98 Å². The van der Waals surface area contributed by atoms with Crippen molar-refractivity contribution in [2.75, 3.05) is 13.1 Å². The second kappa shape index (κ2) is 4.30. The van der Waals surface area contributed by atoms with Crippen LogP contribution in [0.5, 0.6) is 0 Å². The highest BCUT2D eigenvalue weighted by Gasteiger charge is 2.32. The molecule has 0 unspecified atom stereocenters. The van der Waals surface area contributed by atoms with Gasteiger partial charge in [0.05, 0.1) is 0 Å². The van der Waals surface area contributed by atoms with E-state index in [2.05, 4.69) is 39.7 Å². The van der Waals surface area contributed by atoms with E-state index in [1.807, 2.05) is 13.0 Å². The summed E-state index contributed by atoms with van der Waals surface area (Å²) in [5.41, 5.74) is 1.34. The van der Waals surface area contributed by atoms with Gasteiger partial charge in [0.2, 0.25) is 5.89 Å². The Kier molecular flexibility index (Phi) is 2.65. The van der Waals surface area contributed by atoms with Gasteiger partial charge < -0.3 is 9.84 Å². The SMILES string of the molecule is Cc1nc([C@H]2CNC[C@H]2c2ccccc2)no1. The minimum Gasteiger partial charge on any atom is -0.340 e. The molecule has 88 valence electrons. The van der Waals surface area contributed by atoms with Crippen LogP contribution in [0.2, 0.25) is 0 Å². The molecule has 2 heterocycles. The van der Waals surface area contributed by atoms with Crippen LogP contribution in [0.25, 0.3) is 0 Å². The van der Waals surface area contributed by atoms with Gasteiger partial charge in [0.15, 0.2) is 5.82 Å². The molecule has 1 saturated heterocycles. The molecule has 1 aromatic heterocycles. The Morgan fingerprint density at radius 2 is 1.94 bits per heavy atom. The molecule has 0 aliphatic carbocycles. The fourth-order valence-corrected chi connectivity index (χ4v) is 2.47. The van der Waals surface area contributed by atoms with Gasteiger partial charge in [0, 0.05) is 31.8 Å². The van der Waals surface area contributed by atoms with Gasteiger partial charge in [0.1, 0.15) is 0 Å². The number of nitrogens with zero attached hydrogens (tertiary/aromatic N) is 2. The zero-order valence-electron chi connectivity index (χ0n) is 9.76. The highest BCUT2D eigenvalue weighted by Crippen LogP contribution is 2.34. The van der Waals surface area contributed by atoms with E-state index >= 15 is 0 Å². The Balaban J connectivity index is 1.90. The van der Waals surface area contributed by atoms with Crippen molar-refractivity contribution in [3.63, 3.8) is 0 Å². The summed E-state index contributed by atoms with van der Waals surface area (Å²) in [7, 11) is 0. The number of nitrogens with one attached hydrogen (secondary N) is 1. The molecule has 0 bridgehead atoms. The summed E-state index contributed by atoms with van der Waals surface area (Å²) in [6.07, 6.45) is 0. The van der Waals surface area contributed by atoms with Crippen LogP contribution in [0.15, 0.2) is 34.9 Å². The van der Waals surface area contributed by atoms with E-state index in [-0.39, 0.29) is 0 Å². The number of hydrogen-bond acceptors (Lipinski definition) is 4. The molecule has 1 fully saturated rings. The summed E-state index contributed by atoms with van der Waals surface area (Å²) in [6.45, 7) is 3.72. The lowest BCUT2D eigenvalue weighted by Gasteiger charge is -2.15. The molecule has 0 spiro atoms. The topological polar surface area (TPSA) is 51.0 Å². The quantitative estimate of drug-likeness (QED) is 0.853. The molecular formula is C13H15N3O. The predicted molar refractivity (Wildman–Crippen MR) is 63.8 cm³/mol. The Labute approximate surface area is 100 Å². The van der Waals surface area contributed by atoms with Crippen molar-refractivity contribution in [1.82, 2.24) is 15.5 Å². The third-order valence-electron chi connectivity index (χ3n) is 3.32. The first-order valence-corrected chi connectivity index (χ1v) is 5.90. The lowest BCUT2D eigenvalue weighted by molar-refractivity contribution is 0.382. The van der Waals surface area contributed by atoms with E-state index in [0.717, 1.165) is 18.9 Å². The van der Waals surface area contributed by atoms with Gasteiger partial charge in [-0.3, -0.25) is 0 Å². The van der Waals surface area contributed by atoms with Crippen molar-refractivity contribution in [3.8, 4) is 0 Å². The van der Waals surface area contributed by atoms with Gasteiger partial charge in [0.25, 0.3) is 0 Å². The average Bonchev–Trinajstić information content (AvgIpc) is 2.98. The van der Waals surface area contributed by atoms with E-state index in [4.69, 9.17) is 4.52 Å². The number of benzene rings is 1. The summed E-state index contributed by atoms with van der Waals surface area (Å²) >= 11 is 0. The summed E-state index contributed by atoms with van der Waals surface area (Å²) < 4.78 is 5.07. The molecule has 2 aromatic rings. The van der Waals surface area contributed by atoms with Crippen molar-refractivity contribution < 1.29 is 4.52 Å². The molecule has 4 nitrogen and oxygen atoms in total. The fraction of sp³-hybridized carbons (Fsp3) is 0.385. The molecule has 1 aliphatic rings. The third-order valence-corrected chi connectivity index (χ3v) is 3.32. The highest BCUT2D eigenvalue weighted by atomic mass is 16.5. The first-order valence-electron chi connectivity index (χ1n) is 5.90. The Morgan fingerprint density at radius 1 is 1.18 bits per heavy atom. The van der Waals surface area contributed by atoms with Crippen LogP contribution in [0.3, 0.4) is 0 Å². The molecule has 3 rings (SSSR count). The third kappa shape index (κ3) is 1.96. The molecule has 0 saturated carbocycles. The van der Waals surface area contributed by atoms with Crippen LogP contribution in [-0.2, 0) is 0 Å². The number of aromatic nitrogens is 2. The second-order valence-corrected chi connectivity index (χ2v) is 4.45. The Bertz CT molecular complexity index is 494. The summed E-state index contributed by atoms with van der Waals surface area (Å²) in [6, 6.07) is 10.5. The van der Waals surface area contributed by atoms with Crippen LogP contribution >= 0.6 is 0 Å². The first-order chi connectivity index (χ1) is 8.34. The van der Waals surface area contributed by atoms with Crippen molar-refractivity contribution in [2.45, 2.75) is 18.8 Å². The largest absolute Gasteiger partial charge is 0.340 e. The molecule has 17 heavy (non-hydrogen) atoms. The van der Waals surface area contributed by atoms with Crippen molar-refractivity contribution in [2.24, 2.45) is 0 Å². The van der Waals surface area contributed by atoms with E-state index in [1.54, 1.807) is 0 Å². The van der Waals surface area contributed by atoms with Gasteiger partial charge in [-0.1, -0.05) is 35.5 Å². The fourth-order valence-electron chi connectivity index (χ4n) is 2.47. The number of aryl methyl sites for hydroxylation is 1. The van der Waals surface area contributed by atoms with E-state index < -0.39 is 0 Å². The minimum absolute atomic E-state index is 0.315. The number of rotatable bonds is 2. The van der Waals surface area contributed by atoms with Crippen LogP contribution in [0.1, 0.15) is 29.1 Å². The Hall–Kier alpha value is -1.68. The zero-order valence-corrected chi connectivity index (χ0v) is 9.76. The average molecular weight is 229 g/mol. The maximum Gasteiger partial charge on any atom is 0.223 e. The molecule has 1 aromatic carbocycles. The molecule has 1 aliphatic heterocycles. The molecular weight excluding hydrogens is 214 g/mol. The second-order valence-electron chi connectivity index (χ2n) is 4.45. The monoisotopic (exact) mass is 229 g/mol. The van der Waals surface area contributed by atoms with Crippen molar-refractivity contribution in [1.29, 1.82) is 0 Å². The van der Waals surface area contributed by atoms with Crippen LogP contribution < -0.4 is 5.32 Å². The summed E-state index contributed by atoms with van der Waals surface area (Å²) in [5, 5.41) is 7.45. The summed E-state index contributed by atoms with van der Waals surface area (Å²) in [4.78, 5) is 4.35. The van der Waals surface area contributed by atoms with Gasteiger partial charge >= 0.3 is 0 Å². The lowest BCUT2D eigenvalue weighted by Crippen LogP contribution is -2.10. The van der Waals surface area contributed by atoms with Gasteiger partial charge in [-0.25, -0.2) is 0 Å².